The first-order chi connectivity index (χ1) is 8.77. The van der Waals surface area contributed by atoms with Crippen molar-refractivity contribution in [2.75, 3.05) is 13.1 Å². The predicted molar refractivity (Wildman–Crippen MR) is 76.1 cm³/mol. The third kappa shape index (κ3) is 1.99. The lowest BCUT2D eigenvalue weighted by atomic mass is 9.92. The molecule has 18 heavy (non-hydrogen) atoms. The molecule has 2 aromatic rings. The molecule has 0 bridgehead atoms. The molecule has 3 rings (SSSR count). The van der Waals surface area contributed by atoms with E-state index >= 15 is 0 Å². The van der Waals surface area contributed by atoms with Crippen molar-refractivity contribution in [3.8, 4) is 10.4 Å². The minimum atomic E-state index is 0.599. The van der Waals surface area contributed by atoms with Crippen LogP contribution in [-0.2, 0) is 7.05 Å². The summed E-state index contributed by atoms with van der Waals surface area (Å²) in [4.78, 5) is 1.35. The number of hydrogen-bond donors (Lipinski definition) is 1. The lowest BCUT2D eigenvalue weighted by Gasteiger charge is -2.24. The van der Waals surface area contributed by atoms with Gasteiger partial charge in [-0.15, -0.1) is 11.3 Å². The van der Waals surface area contributed by atoms with E-state index < -0.39 is 0 Å². The lowest BCUT2D eigenvalue weighted by Crippen LogP contribution is -2.29. The Bertz CT molecular complexity index is 521. The smallest absolute Gasteiger partial charge is 0.0683 e. The maximum atomic E-state index is 4.64. The highest BCUT2D eigenvalue weighted by Crippen LogP contribution is 2.36. The Balaban J connectivity index is 2.07. The van der Waals surface area contributed by atoms with Crippen LogP contribution in [0.3, 0.4) is 0 Å². The Kier molecular flexibility index (Phi) is 3.22. The van der Waals surface area contributed by atoms with Gasteiger partial charge in [-0.05, 0) is 37.8 Å². The van der Waals surface area contributed by atoms with Gasteiger partial charge in [-0.25, -0.2) is 0 Å². The van der Waals surface area contributed by atoms with Gasteiger partial charge < -0.3 is 5.32 Å². The van der Waals surface area contributed by atoms with Crippen molar-refractivity contribution < 1.29 is 0 Å². The molecular formula is C14H19N3S. The molecule has 0 radical (unpaired) electrons. The molecule has 1 N–H and O–H groups in total. The molecule has 3 heterocycles. The highest BCUT2D eigenvalue weighted by Gasteiger charge is 2.24. The quantitative estimate of drug-likeness (QED) is 0.901. The van der Waals surface area contributed by atoms with Crippen LogP contribution in [0, 0.1) is 6.92 Å². The fourth-order valence-corrected chi connectivity index (χ4v) is 3.79. The van der Waals surface area contributed by atoms with Gasteiger partial charge in [-0.2, -0.15) is 5.10 Å². The molecule has 1 unspecified atom stereocenters. The molecule has 0 spiro atoms. The fourth-order valence-electron chi connectivity index (χ4n) is 2.95. The van der Waals surface area contributed by atoms with E-state index in [2.05, 4.69) is 46.6 Å². The highest BCUT2D eigenvalue weighted by molar-refractivity contribution is 7.13. The largest absolute Gasteiger partial charge is 0.316 e. The van der Waals surface area contributed by atoms with Gasteiger partial charge in [-0.1, -0.05) is 6.07 Å². The van der Waals surface area contributed by atoms with Crippen LogP contribution in [0.25, 0.3) is 10.4 Å². The molecule has 0 aliphatic carbocycles. The monoisotopic (exact) mass is 261 g/mol. The lowest BCUT2D eigenvalue weighted by molar-refractivity contribution is 0.442. The van der Waals surface area contributed by atoms with Crippen molar-refractivity contribution in [2.45, 2.75) is 25.7 Å². The average molecular weight is 261 g/mol. The zero-order chi connectivity index (χ0) is 12.5. The second-order valence-electron chi connectivity index (χ2n) is 4.99. The summed E-state index contributed by atoms with van der Waals surface area (Å²) in [7, 11) is 2.08. The van der Waals surface area contributed by atoms with E-state index in [-0.39, 0.29) is 0 Å². The fraction of sp³-hybridized carbons (Fsp3) is 0.500. The first-order valence-electron chi connectivity index (χ1n) is 6.55. The van der Waals surface area contributed by atoms with E-state index in [4.69, 9.17) is 0 Å². The number of thiophene rings is 1. The molecule has 0 saturated carbocycles. The van der Waals surface area contributed by atoms with Crippen molar-refractivity contribution in [3.63, 3.8) is 0 Å². The molecule has 3 nitrogen and oxygen atoms in total. The Morgan fingerprint density at radius 1 is 1.50 bits per heavy atom. The summed E-state index contributed by atoms with van der Waals surface area (Å²) in [5.41, 5.74) is 3.92. The zero-order valence-corrected chi connectivity index (χ0v) is 11.8. The van der Waals surface area contributed by atoms with E-state index in [1.54, 1.807) is 0 Å². The number of aryl methyl sites for hydroxylation is 2. The van der Waals surface area contributed by atoms with Gasteiger partial charge in [0.25, 0.3) is 0 Å². The van der Waals surface area contributed by atoms with Crippen molar-refractivity contribution >= 4 is 11.3 Å². The number of aromatic nitrogens is 2. The van der Waals surface area contributed by atoms with Gasteiger partial charge >= 0.3 is 0 Å². The van der Waals surface area contributed by atoms with Gasteiger partial charge in [0.1, 0.15) is 0 Å². The molecule has 2 aromatic heterocycles. The molecule has 4 heteroatoms. The first kappa shape index (κ1) is 11.9. The van der Waals surface area contributed by atoms with Crippen molar-refractivity contribution in [3.05, 3.63) is 28.9 Å². The Morgan fingerprint density at radius 2 is 2.39 bits per heavy atom. The third-order valence-corrected chi connectivity index (χ3v) is 4.61. The highest BCUT2D eigenvalue weighted by atomic mass is 32.1. The molecule has 96 valence electrons. The molecule has 0 aromatic carbocycles. The summed E-state index contributed by atoms with van der Waals surface area (Å²) >= 11 is 1.81. The van der Waals surface area contributed by atoms with Crippen LogP contribution in [0.5, 0.6) is 0 Å². The van der Waals surface area contributed by atoms with Crippen molar-refractivity contribution in [1.29, 1.82) is 0 Å². The van der Waals surface area contributed by atoms with Crippen LogP contribution in [0.2, 0.25) is 0 Å². The molecule has 1 aliphatic heterocycles. The second-order valence-corrected chi connectivity index (χ2v) is 5.94. The summed E-state index contributed by atoms with van der Waals surface area (Å²) in [5, 5.41) is 10.3. The SMILES string of the molecule is Cc1nn(C)c(C2CCCNC2)c1-c1cccs1. The van der Waals surface area contributed by atoms with Crippen LogP contribution >= 0.6 is 11.3 Å². The van der Waals surface area contributed by atoms with Crippen LogP contribution in [0.4, 0.5) is 0 Å². The molecule has 0 amide bonds. The van der Waals surface area contributed by atoms with Crippen LogP contribution < -0.4 is 5.32 Å². The summed E-state index contributed by atoms with van der Waals surface area (Å²) < 4.78 is 2.09. The number of nitrogens with zero attached hydrogens (tertiary/aromatic N) is 2. The van der Waals surface area contributed by atoms with E-state index in [0.29, 0.717) is 5.92 Å². The maximum absolute atomic E-state index is 4.64. The molecule has 1 saturated heterocycles. The van der Waals surface area contributed by atoms with Crippen LogP contribution in [0.15, 0.2) is 17.5 Å². The Labute approximate surface area is 112 Å². The van der Waals surface area contributed by atoms with E-state index in [1.165, 1.54) is 29.0 Å². The number of piperidine rings is 1. The Morgan fingerprint density at radius 3 is 3.06 bits per heavy atom. The van der Waals surface area contributed by atoms with Crippen molar-refractivity contribution in [2.24, 2.45) is 7.05 Å². The standard InChI is InChI=1S/C14H19N3S/c1-10-13(12-6-4-8-18-12)14(17(2)16-10)11-5-3-7-15-9-11/h4,6,8,11,15H,3,5,7,9H2,1-2H3. The minimum absolute atomic E-state index is 0.599. The van der Waals surface area contributed by atoms with Crippen LogP contribution in [-0.4, -0.2) is 22.9 Å². The normalized spacial score (nSPS) is 20.2. The van der Waals surface area contributed by atoms with Gasteiger partial charge in [0.2, 0.25) is 0 Å². The minimum Gasteiger partial charge on any atom is -0.316 e. The van der Waals surface area contributed by atoms with Gasteiger partial charge in [0.05, 0.1) is 11.4 Å². The molecule has 1 fully saturated rings. The number of rotatable bonds is 2. The first-order valence-corrected chi connectivity index (χ1v) is 7.43. The summed E-state index contributed by atoms with van der Waals surface area (Å²) in [6.45, 7) is 4.35. The molecule has 1 aliphatic rings. The number of nitrogens with one attached hydrogen (secondary N) is 1. The topological polar surface area (TPSA) is 29.9 Å². The molecular weight excluding hydrogens is 242 g/mol. The third-order valence-electron chi connectivity index (χ3n) is 3.72. The second kappa shape index (κ2) is 4.86. The van der Waals surface area contributed by atoms with Crippen LogP contribution in [0.1, 0.15) is 30.1 Å². The van der Waals surface area contributed by atoms with Crippen molar-refractivity contribution in [1.82, 2.24) is 15.1 Å². The summed E-state index contributed by atoms with van der Waals surface area (Å²) in [5.74, 6) is 0.599. The van der Waals surface area contributed by atoms with Gasteiger partial charge in [-0.3, -0.25) is 4.68 Å². The maximum Gasteiger partial charge on any atom is 0.0683 e. The molecule has 1 atom stereocenters. The summed E-state index contributed by atoms with van der Waals surface area (Å²) in [6, 6.07) is 4.32. The Hall–Kier alpha value is -1.13. The zero-order valence-electron chi connectivity index (χ0n) is 10.9. The van der Waals surface area contributed by atoms with E-state index in [0.717, 1.165) is 18.8 Å². The summed E-state index contributed by atoms with van der Waals surface area (Å²) in [6.07, 6.45) is 2.53. The number of hydrogen-bond acceptors (Lipinski definition) is 3. The average Bonchev–Trinajstić information content (AvgIpc) is 2.97. The van der Waals surface area contributed by atoms with E-state index in [9.17, 15) is 0 Å². The van der Waals surface area contributed by atoms with Gasteiger partial charge in [0.15, 0.2) is 0 Å². The van der Waals surface area contributed by atoms with E-state index in [1.807, 2.05) is 11.3 Å². The predicted octanol–water partition coefficient (Wildman–Crippen LogP) is 2.92. The van der Waals surface area contributed by atoms with Gasteiger partial charge in [0, 0.05) is 30.0 Å².